The Bertz CT molecular complexity index is 1040. The molecule has 124 valence electrons. The zero-order valence-corrected chi connectivity index (χ0v) is 13.9. The highest BCUT2D eigenvalue weighted by molar-refractivity contribution is 7.92. The highest BCUT2D eigenvalue weighted by atomic mass is 32.2. The van der Waals surface area contributed by atoms with Crippen molar-refractivity contribution in [3.05, 3.63) is 70.1 Å². The maximum Gasteiger partial charge on any atom is 0.272 e. The first-order valence-corrected chi connectivity index (χ1v) is 9.19. The molecule has 1 aromatic heterocycles. The topological polar surface area (TPSA) is 91.9 Å². The number of H-pyrrole nitrogens is 1. The molecule has 3 rings (SSSR count). The third-order valence-electron chi connectivity index (χ3n) is 3.73. The molecule has 2 N–H and O–H groups in total. The van der Waals surface area contributed by atoms with Gasteiger partial charge in [-0.15, -0.1) is 0 Å². The van der Waals surface area contributed by atoms with Gasteiger partial charge in [-0.05, 0) is 30.7 Å². The van der Waals surface area contributed by atoms with Gasteiger partial charge in [0.2, 0.25) is 10.0 Å². The van der Waals surface area contributed by atoms with Crippen LogP contribution in [0.5, 0.6) is 0 Å². The molecule has 0 aliphatic heterocycles. The maximum atomic E-state index is 11.8. The minimum atomic E-state index is -3.32. The van der Waals surface area contributed by atoms with Gasteiger partial charge in [0.15, 0.2) is 0 Å². The SMILES string of the molecule is CCS(=O)(=O)Nc1cccc(Cc2n[nH]c(=O)c3ccccc23)c1. The number of hydrogen-bond acceptors (Lipinski definition) is 4. The molecule has 0 fully saturated rings. The molecule has 0 saturated heterocycles. The van der Waals surface area contributed by atoms with E-state index in [2.05, 4.69) is 14.9 Å². The first-order valence-electron chi connectivity index (χ1n) is 7.54. The van der Waals surface area contributed by atoms with Gasteiger partial charge in [0.1, 0.15) is 0 Å². The molecule has 0 saturated carbocycles. The summed E-state index contributed by atoms with van der Waals surface area (Å²) >= 11 is 0. The molecule has 0 radical (unpaired) electrons. The summed E-state index contributed by atoms with van der Waals surface area (Å²) in [7, 11) is -3.32. The number of anilines is 1. The molecule has 0 bridgehead atoms. The third kappa shape index (κ3) is 3.46. The molecule has 1 heterocycles. The zero-order chi connectivity index (χ0) is 17.2. The Morgan fingerprint density at radius 2 is 1.83 bits per heavy atom. The van der Waals surface area contributed by atoms with Crippen LogP contribution in [0.1, 0.15) is 18.2 Å². The van der Waals surface area contributed by atoms with Crippen molar-refractivity contribution in [1.82, 2.24) is 10.2 Å². The normalized spacial score (nSPS) is 11.5. The Kier molecular flexibility index (Phi) is 4.35. The lowest BCUT2D eigenvalue weighted by Crippen LogP contribution is -2.14. The van der Waals surface area contributed by atoms with Crippen molar-refractivity contribution in [3.8, 4) is 0 Å². The minimum absolute atomic E-state index is 0.0172. The van der Waals surface area contributed by atoms with Crippen LogP contribution in [0, 0.1) is 0 Å². The smallest absolute Gasteiger partial charge is 0.272 e. The molecule has 3 aromatic rings. The van der Waals surface area contributed by atoms with Crippen LogP contribution in [-0.4, -0.2) is 24.4 Å². The first kappa shape index (κ1) is 16.2. The van der Waals surface area contributed by atoms with E-state index >= 15 is 0 Å². The Morgan fingerprint density at radius 3 is 2.58 bits per heavy atom. The molecule has 0 spiro atoms. The second-order valence-corrected chi connectivity index (χ2v) is 7.44. The maximum absolute atomic E-state index is 11.8. The van der Waals surface area contributed by atoms with Crippen molar-refractivity contribution in [3.63, 3.8) is 0 Å². The summed E-state index contributed by atoms with van der Waals surface area (Å²) in [4.78, 5) is 11.8. The van der Waals surface area contributed by atoms with Crippen LogP contribution >= 0.6 is 0 Å². The fourth-order valence-electron chi connectivity index (χ4n) is 2.50. The van der Waals surface area contributed by atoms with E-state index in [0.29, 0.717) is 17.5 Å². The van der Waals surface area contributed by atoms with Crippen molar-refractivity contribution in [2.24, 2.45) is 0 Å². The van der Waals surface area contributed by atoms with Gasteiger partial charge >= 0.3 is 0 Å². The van der Waals surface area contributed by atoms with Crippen LogP contribution in [0.3, 0.4) is 0 Å². The number of nitrogens with one attached hydrogen (secondary N) is 2. The Balaban J connectivity index is 1.95. The zero-order valence-electron chi connectivity index (χ0n) is 13.1. The van der Waals surface area contributed by atoms with E-state index in [1.54, 1.807) is 31.2 Å². The largest absolute Gasteiger partial charge is 0.284 e. The molecule has 24 heavy (non-hydrogen) atoms. The molecule has 6 nitrogen and oxygen atoms in total. The predicted octanol–water partition coefficient (Wildman–Crippen LogP) is 2.28. The number of hydrogen-bond donors (Lipinski definition) is 2. The van der Waals surface area contributed by atoms with E-state index in [0.717, 1.165) is 16.6 Å². The van der Waals surface area contributed by atoms with Gasteiger partial charge in [0.25, 0.3) is 5.56 Å². The monoisotopic (exact) mass is 343 g/mol. The molecule has 0 aliphatic rings. The highest BCUT2D eigenvalue weighted by Crippen LogP contribution is 2.19. The molecular weight excluding hydrogens is 326 g/mol. The van der Waals surface area contributed by atoms with E-state index in [9.17, 15) is 13.2 Å². The van der Waals surface area contributed by atoms with E-state index in [1.165, 1.54) is 0 Å². The van der Waals surface area contributed by atoms with Gasteiger partial charge in [-0.1, -0.05) is 30.3 Å². The van der Waals surface area contributed by atoms with Crippen molar-refractivity contribution in [1.29, 1.82) is 0 Å². The number of aromatic nitrogens is 2. The summed E-state index contributed by atoms with van der Waals surface area (Å²) in [5.74, 6) is 0.0172. The molecule has 0 aliphatic carbocycles. The van der Waals surface area contributed by atoms with E-state index in [-0.39, 0.29) is 11.3 Å². The Hall–Kier alpha value is -2.67. The lowest BCUT2D eigenvalue weighted by atomic mass is 10.0. The van der Waals surface area contributed by atoms with Crippen molar-refractivity contribution < 1.29 is 8.42 Å². The van der Waals surface area contributed by atoms with Crippen LogP contribution in [0.15, 0.2) is 53.3 Å². The third-order valence-corrected chi connectivity index (χ3v) is 5.03. The number of nitrogens with zero attached hydrogens (tertiary/aromatic N) is 1. The molecule has 7 heteroatoms. The average molecular weight is 343 g/mol. The fourth-order valence-corrected chi connectivity index (χ4v) is 3.13. The number of benzene rings is 2. The molecule has 0 atom stereocenters. The van der Waals surface area contributed by atoms with Crippen LogP contribution < -0.4 is 10.3 Å². The summed E-state index contributed by atoms with van der Waals surface area (Å²) in [5.41, 5.74) is 1.93. The number of rotatable bonds is 5. The number of fused-ring (bicyclic) bond motifs is 1. The molecule has 0 unspecified atom stereocenters. The molecule has 0 amide bonds. The summed E-state index contributed by atoms with van der Waals surface area (Å²) < 4.78 is 25.9. The summed E-state index contributed by atoms with van der Waals surface area (Å²) in [6, 6.07) is 14.4. The quantitative estimate of drug-likeness (QED) is 0.743. The second kappa shape index (κ2) is 6.45. The van der Waals surface area contributed by atoms with Gasteiger partial charge < -0.3 is 0 Å². The standard InChI is InChI=1S/C17H17N3O3S/c1-2-24(22,23)20-13-7-5-6-12(10-13)11-16-14-8-3-4-9-15(14)17(21)19-18-16/h3-10,20H,2,11H2,1H3,(H,19,21). The van der Waals surface area contributed by atoms with E-state index in [1.807, 2.05) is 24.3 Å². The van der Waals surface area contributed by atoms with Crippen molar-refractivity contribution in [2.45, 2.75) is 13.3 Å². The van der Waals surface area contributed by atoms with E-state index in [4.69, 9.17) is 0 Å². The Labute approximate surface area is 139 Å². The van der Waals surface area contributed by atoms with Crippen molar-refractivity contribution in [2.75, 3.05) is 10.5 Å². The summed E-state index contributed by atoms with van der Waals surface area (Å²) in [6.07, 6.45) is 0.485. The van der Waals surface area contributed by atoms with Gasteiger partial charge in [0.05, 0.1) is 16.8 Å². The number of aromatic amines is 1. The van der Waals surface area contributed by atoms with Gasteiger partial charge in [-0.3, -0.25) is 9.52 Å². The second-order valence-electron chi connectivity index (χ2n) is 5.43. The fraction of sp³-hybridized carbons (Fsp3) is 0.176. The summed E-state index contributed by atoms with van der Waals surface area (Å²) in [5, 5.41) is 8.03. The average Bonchev–Trinajstić information content (AvgIpc) is 2.58. The highest BCUT2D eigenvalue weighted by Gasteiger charge is 2.09. The minimum Gasteiger partial charge on any atom is -0.284 e. The van der Waals surface area contributed by atoms with Crippen molar-refractivity contribution >= 4 is 26.5 Å². The van der Waals surface area contributed by atoms with Crippen LogP contribution in [0.25, 0.3) is 10.8 Å². The van der Waals surface area contributed by atoms with Gasteiger partial charge in [-0.2, -0.15) is 5.10 Å². The van der Waals surface area contributed by atoms with E-state index < -0.39 is 10.0 Å². The summed E-state index contributed by atoms with van der Waals surface area (Å²) in [6.45, 7) is 1.59. The first-order chi connectivity index (χ1) is 11.5. The lowest BCUT2D eigenvalue weighted by Gasteiger charge is -2.09. The Morgan fingerprint density at radius 1 is 1.08 bits per heavy atom. The van der Waals surface area contributed by atoms with Crippen LogP contribution in [0.4, 0.5) is 5.69 Å². The number of sulfonamides is 1. The molecule has 2 aromatic carbocycles. The molecular formula is C17H17N3O3S. The van der Waals surface area contributed by atoms with Gasteiger partial charge in [-0.25, -0.2) is 13.5 Å². The predicted molar refractivity (Wildman–Crippen MR) is 94.7 cm³/mol. The lowest BCUT2D eigenvalue weighted by molar-refractivity contribution is 0.602. The van der Waals surface area contributed by atoms with Gasteiger partial charge in [0, 0.05) is 17.5 Å². The van der Waals surface area contributed by atoms with Crippen LogP contribution in [-0.2, 0) is 16.4 Å². The van der Waals surface area contributed by atoms with Crippen LogP contribution in [0.2, 0.25) is 0 Å².